The molecule has 3 heteroatoms. The first-order chi connectivity index (χ1) is 7.91. The molecule has 0 aromatic heterocycles. The van der Waals surface area contributed by atoms with Crippen molar-refractivity contribution in [2.45, 2.75) is 26.7 Å². The van der Waals surface area contributed by atoms with Crippen LogP contribution < -0.4 is 4.74 Å². The molecule has 0 unspecified atom stereocenters. The van der Waals surface area contributed by atoms with Crippen molar-refractivity contribution in [1.82, 2.24) is 0 Å². The van der Waals surface area contributed by atoms with E-state index in [-0.39, 0.29) is 12.2 Å². The predicted octanol–water partition coefficient (Wildman–Crippen LogP) is 3.14. The second kappa shape index (κ2) is 5.53. The minimum atomic E-state index is -1.03. The normalized spacial score (nSPS) is 10.4. The van der Waals surface area contributed by atoms with Gasteiger partial charge in [-0.2, -0.15) is 0 Å². The first-order valence-electron chi connectivity index (χ1n) is 5.56. The van der Waals surface area contributed by atoms with E-state index in [4.69, 9.17) is 9.84 Å². The number of ether oxygens (including phenoxy) is 1. The molecule has 0 heterocycles. The van der Waals surface area contributed by atoms with Crippen molar-refractivity contribution >= 4 is 5.97 Å². The van der Waals surface area contributed by atoms with E-state index in [9.17, 15) is 4.79 Å². The smallest absolute Gasteiger partial charge is 0.334 e. The zero-order valence-corrected chi connectivity index (χ0v) is 10.5. The average Bonchev–Trinajstić information content (AvgIpc) is 2.26. The van der Waals surface area contributed by atoms with Crippen molar-refractivity contribution < 1.29 is 14.6 Å². The molecule has 1 rings (SSSR count). The van der Waals surface area contributed by atoms with Crippen LogP contribution in [-0.4, -0.2) is 17.7 Å². The molecule has 0 amide bonds. The molecule has 0 spiro atoms. The van der Waals surface area contributed by atoms with Gasteiger partial charge in [0.05, 0.1) is 5.57 Å². The molecule has 92 valence electrons. The summed E-state index contributed by atoms with van der Waals surface area (Å²) in [7, 11) is 0. The largest absolute Gasteiger partial charge is 0.488 e. The number of aliphatic carboxylic acids is 1. The van der Waals surface area contributed by atoms with Gasteiger partial charge in [-0.1, -0.05) is 32.6 Å². The highest BCUT2D eigenvalue weighted by atomic mass is 16.5. The van der Waals surface area contributed by atoms with Gasteiger partial charge in [0.2, 0.25) is 0 Å². The van der Waals surface area contributed by atoms with Gasteiger partial charge < -0.3 is 9.84 Å². The van der Waals surface area contributed by atoms with Crippen LogP contribution >= 0.6 is 0 Å². The molecule has 1 N–H and O–H groups in total. The van der Waals surface area contributed by atoms with Crippen molar-refractivity contribution in [2.75, 3.05) is 6.61 Å². The molecule has 0 atom stereocenters. The highest BCUT2D eigenvalue weighted by Gasteiger charge is 2.08. The van der Waals surface area contributed by atoms with E-state index >= 15 is 0 Å². The molecule has 1 aromatic carbocycles. The highest BCUT2D eigenvalue weighted by molar-refractivity contribution is 5.86. The van der Waals surface area contributed by atoms with Crippen LogP contribution in [0.1, 0.15) is 30.9 Å². The maximum absolute atomic E-state index is 10.6. The Morgan fingerprint density at radius 2 is 2.12 bits per heavy atom. The van der Waals surface area contributed by atoms with Gasteiger partial charge in [0.25, 0.3) is 0 Å². The summed E-state index contributed by atoms with van der Waals surface area (Å²) >= 11 is 0. The first kappa shape index (κ1) is 13.3. The van der Waals surface area contributed by atoms with Crippen molar-refractivity contribution in [3.05, 3.63) is 41.5 Å². The van der Waals surface area contributed by atoms with Crippen molar-refractivity contribution in [1.29, 1.82) is 0 Å². The third kappa shape index (κ3) is 3.63. The zero-order valence-electron chi connectivity index (χ0n) is 10.5. The number of aryl methyl sites for hydroxylation is 1. The van der Waals surface area contributed by atoms with Crippen molar-refractivity contribution in [3.63, 3.8) is 0 Å². The molecule has 3 nitrogen and oxygen atoms in total. The van der Waals surface area contributed by atoms with Crippen LogP contribution in [-0.2, 0) is 4.79 Å². The summed E-state index contributed by atoms with van der Waals surface area (Å²) < 4.78 is 5.47. The van der Waals surface area contributed by atoms with Gasteiger partial charge in [0.15, 0.2) is 0 Å². The third-order valence-electron chi connectivity index (χ3n) is 2.58. The van der Waals surface area contributed by atoms with Gasteiger partial charge in [-0.15, -0.1) is 0 Å². The van der Waals surface area contributed by atoms with Gasteiger partial charge in [-0.3, -0.25) is 0 Å². The predicted molar refractivity (Wildman–Crippen MR) is 67.5 cm³/mol. The molecule has 0 aliphatic heterocycles. The van der Waals surface area contributed by atoms with Crippen molar-refractivity contribution in [2.24, 2.45) is 0 Å². The lowest BCUT2D eigenvalue weighted by Gasteiger charge is -2.12. The van der Waals surface area contributed by atoms with Crippen LogP contribution in [0.2, 0.25) is 0 Å². The second-order valence-corrected chi connectivity index (χ2v) is 4.38. The van der Waals surface area contributed by atoms with E-state index in [0.717, 1.165) is 11.3 Å². The Morgan fingerprint density at radius 1 is 1.47 bits per heavy atom. The summed E-state index contributed by atoms with van der Waals surface area (Å²) in [5.74, 6) is 0.113. The van der Waals surface area contributed by atoms with Crippen LogP contribution in [0.3, 0.4) is 0 Å². The van der Waals surface area contributed by atoms with Gasteiger partial charge in [0, 0.05) is 0 Å². The fraction of sp³-hybridized carbons (Fsp3) is 0.357. The number of carboxylic acids is 1. The fourth-order valence-electron chi connectivity index (χ4n) is 1.36. The maximum Gasteiger partial charge on any atom is 0.334 e. The Hall–Kier alpha value is -1.77. The summed E-state index contributed by atoms with van der Waals surface area (Å²) in [4.78, 5) is 10.6. The topological polar surface area (TPSA) is 46.5 Å². The molecule has 0 bridgehead atoms. The number of benzene rings is 1. The van der Waals surface area contributed by atoms with E-state index in [1.165, 1.54) is 5.56 Å². The summed E-state index contributed by atoms with van der Waals surface area (Å²) in [6.45, 7) is 9.58. The SMILES string of the molecule is C=C(COc1cc(C(C)C)ccc1C)C(=O)O. The maximum atomic E-state index is 10.6. The van der Waals surface area contributed by atoms with Gasteiger partial charge in [-0.05, 0) is 30.0 Å². The van der Waals surface area contributed by atoms with Crippen LogP contribution in [0.5, 0.6) is 5.75 Å². The molecule has 1 aromatic rings. The lowest BCUT2D eigenvalue weighted by atomic mass is 10.0. The lowest BCUT2D eigenvalue weighted by molar-refractivity contribution is -0.133. The molecule has 0 aliphatic rings. The fourth-order valence-corrected chi connectivity index (χ4v) is 1.36. The summed E-state index contributed by atoms with van der Waals surface area (Å²) in [6.07, 6.45) is 0. The summed E-state index contributed by atoms with van der Waals surface area (Å²) in [5.41, 5.74) is 2.22. The van der Waals surface area contributed by atoms with Crippen LogP contribution in [0.4, 0.5) is 0 Å². The van der Waals surface area contributed by atoms with E-state index in [1.54, 1.807) is 0 Å². The molecule has 17 heavy (non-hydrogen) atoms. The minimum absolute atomic E-state index is 0.0116. The molecular weight excluding hydrogens is 216 g/mol. The van der Waals surface area contributed by atoms with Crippen LogP contribution in [0.25, 0.3) is 0 Å². The molecule has 0 saturated carbocycles. The summed E-state index contributed by atoms with van der Waals surface area (Å²) in [6, 6.07) is 5.99. The average molecular weight is 234 g/mol. The molecular formula is C14H18O3. The van der Waals surface area contributed by atoms with E-state index < -0.39 is 5.97 Å². The first-order valence-corrected chi connectivity index (χ1v) is 5.56. The Kier molecular flexibility index (Phi) is 4.32. The monoisotopic (exact) mass is 234 g/mol. The number of hydrogen-bond acceptors (Lipinski definition) is 2. The summed E-state index contributed by atoms with van der Waals surface area (Å²) in [5, 5.41) is 8.69. The highest BCUT2D eigenvalue weighted by Crippen LogP contribution is 2.24. The number of hydrogen-bond donors (Lipinski definition) is 1. The minimum Gasteiger partial charge on any atom is -0.488 e. The van der Waals surface area contributed by atoms with Crippen LogP contribution in [0.15, 0.2) is 30.4 Å². The quantitative estimate of drug-likeness (QED) is 0.796. The van der Waals surface area contributed by atoms with E-state index in [0.29, 0.717) is 5.92 Å². The van der Waals surface area contributed by atoms with Gasteiger partial charge in [0.1, 0.15) is 12.4 Å². The zero-order chi connectivity index (χ0) is 13.0. The molecule has 0 radical (unpaired) electrons. The number of carboxylic acid groups (broad SMARTS) is 1. The Labute approximate surface area is 102 Å². The van der Waals surface area contributed by atoms with E-state index in [1.807, 2.05) is 19.1 Å². The third-order valence-corrected chi connectivity index (χ3v) is 2.58. The van der Waals surface area contributed by atoms with Gasteiger partial charge in [-0.25, -0.2) is 4.79 Å². The Bertz CT molecular complexity index is 433. The lowest BCUT2D eigenvalue weighted by Crippen LogP contribution is -2.09. The molecule has 0 aliphatic carbocycles. The van der Waals surface area contributed by atoms with Gasteiger partial charge >= 0.3 is 5.97 Å². The second-order valence-electron chi connectivity index (χ2n) is 4.38. The van der Waals surface area contributed by atoms with Crippen molar-refractivity contribution in [3.8, 4) is 5.75 Å². The van der Waals surface area contributed by atoms with Crippen LogP contribution in [0, 0.1) is 6.92 Å². The Balaban J connectivity index is 2.80. The van der Waals surface area contributed by atoms with E-state index in [2.05, 4.69) is 26.5 Å². The Morgan fingerprint density at radius 3 is 2.65 bits per heavy atom. The number of carbonyl (C=O) groups is 1. The molecule has 0 fully saturated rings. The number of rotatable bonds is 5. The standard InChI is InChI=1S/C14H18O3/c1-9(2)12-6-5-10(3)13(7-12)17-8-11(4)14(15)16/h5-7,9H,4,8H2,1-3H3,(H,15,16). The molecule has 0 saturated heterocycles.